The molecule has 0 aromatic heterocycles. The fraction of sp³-hybridized carbons (Fsp3) is 0.238. The van der Waals surface area contributed by atoms with Crippen molar-refractivity contribution >= 4 is 58.0 Å². The largest absolute Gasteiger partial charge is 0.272 e. The highest BCUT2D eigenvalue weighted by atomic mass is 35.5. The number of anilines is 1. The van der Waals surface area contributed by atoms with E-state index < -0.39 is 0 Å². The van der Waals surface area contributed by atoms with Gasteiger partial charge in [-0.1, -0.05) is 55.2 Å². The zero-order valence-corrected chi connectivity index (χ0v) is 17.8. The lowest BCUT2D eigenvalue weighted by Gasteiger charge is -2.16. The summed E-state index contributed by atoms with van der Waals surface area (Å²) >= 11 is 13.5. The molecule has 1 aliphatic rings. The Balaban J connectivity index is 2.13. The third-order valence-corrected chi connectivity index (χ3v) is 6.18. The number of hydrogen-bond donors (Lipinski definition) is 0. The quantitative estimate of drug-likeness (QED) is 0.567. The van der Waals surface area contributed by atoms with Gasteiger partial charge >= 0.3 is 0 Å². The average Bonchev–Trinajstić information content (AvgIpc) is 2.83. The van der Waals surface area contributed by atoms with E-state index in [2.05, 4.69) is 0 Å². The van der Waals surface area contributed by atoms with Gasteiger partial charge in [-0.2, -0.15) is 0 Å². The van der Waals surface area contributed by atoms with Gasteiger partial charge in [-0.15, -0.1) is 11.8 Å². The first kappa shape index (κ1) is 20.0. The zero-order chi connectivity index (χ0) is 19.9. The highest BCUT2D eigenvalue weighted by Crippen LogP contribution is 2.41. The number of imide groups is 1. The average molecular weight is 420 g/mol. The minimum atomic E-state index is -0.343. The Hall–Kier alpha value is -1.75. The van der Waals surface area contributed by atoms with Crippen LogP contribution in [0.25, 0.3) is 5.57 Å². The molecule has 27 heavy (non-hydrogen) atoms. The van der Waals surface area contributed by atoms with Gasteiger partial charge in [-0.3, -0.25) is 9.59 Å². The van der Waals surface area contributed by atoms with Gasteiger partial charge in [0.15, 0.2) is 0 Å². The summed E-state index contributed by atoms with van der Waals surface area (Å²) in [5.74, 6) is -0.671. The third kappa shape index (κ3) is 3.79. The molecule has 2 aromatic carbocycles. The molecule has 0 aliphatic carbocycles. The van der Waals surface area contributed by atoms with Gasteiger partial charge in [-0.25, -0.2) is 4.90 Å². The SMILES string of the molecule is Cc1ccc(C2=C(SC(C)C)C(=O)N(c3ccc(Cl)c(Cl)c3)C2=O)cc1C. The molecule has 2 amide bonds. The van der Waals surface area contributed by atoms with Crippen LogP contribution in [0.2, 0.25) is 10.0 Å². The van der Waals surface area contributed by atoms with Crippen LogP contribution in [0, 0.1) is 13.8 Å². The molecule has 6 heteroatoms. The van der Waals surface area contributed by atoms with Crippen LogP contribution in [0.5, 0.6) is 0 Å². The molecule has 140 valence electrons. The van der Waals surface area contributed by atoms with Crippen molar-refractivity contribution < 1.29 is 9.59 Å². The van der Waals surface area contributed by atoms with Crippen LogP contribution in [-0.4, -0.2) is 17.1 Å². The molecule has 0 atom stereocenters. The van der Waals surface area contributed by atoms with E-state index in [1.807, 2.05) is 45.9 Å². The topological polar surface area (TPSA) is 37.4 Å². The molecule has 0 fully saturated rings. The Labute approximate surface area is 173 Å². The van der Waals surface area contributed by atoms with Crippen molar-refractivity contribution in [3.63, 3.8) is 0 Å². The molecular weight excluding hydrogens is 401 g/mol. The van der Waals surface area contributed by atoms with Gasteiger partial charge in [0.05, 0.1) is 26.2 Å². The minimum absolute atomic E-state index is 0.159. The number of rotatable bonds is 4. The van der Waals surface area contributed by atoms with Crippen molar-refractivity contribution in [2.45, 2.75) is 32.9 Å². The molecular formula is C21H19Cl2NO2S. The van der Waals surface area contributed by atoms with Crippen molar-refractivity contribution in [2.24, 2.45) is 0 Å². The maximum Gasteiger partial charge on any atom is 0.272 e. The number of benzene rings is 2. The van der Waals surface area contributed by atoms with Gasteiger partial charge in [-0.05, 0) is 48.7 Å². The van der Waals surface area contributed by atoms with Gasteiger partial charge in [0, 0.05) is 5.25 Å². The van der Waals surface area contributed by atoms with Crippen molar-refractivity contribution in [2.75, 3.05) is 4.90 Å². The van der Waals surface area contributed by atoms with E-state index in [1.165, 1.54) is 16.7 Å². The monoisotopic (exact) mass is 419 g/mol. The summed E-state index contributed by atoms with van der Waals surface area (Å²) in [4.78, 5) is 28.0. The van der Waals surface area contributed by atoms with E-state index in [9.17, 15) is 9.59 Å². The van der Waals surface area contributed by atoms with Crippen molar-refractivity contribution in [3.05, 3.63) is 68.0 Å². The first-order chi connectivity index (χ1) is 12.7. The van der Waals surface area contributed by atoms with Crippen LogP contribution in [0.3, 0.4) is 0 Å². The van der Waals surface area contributed by atoms with Gasteiger partial charge < -0.3 is 0 Å². The molecule has 0 radical (unpaired) electrons. The molecule has 0 bridgehead atoms. The molecule has 0 saturated carbocycles. The Morgan fingerprint density at radius 2 is 1.59 bits per heavy atom. The number of halogens is 2. The number of carbonyl (C=O) groups is 2. The number of amides is 2. The number of hydrogen-bond acceptors (Lipinski definition) is 3. The fourth-order valence-corrected chi connectivity index (χ4v) is 4.14. The van der Waals surface area contributed by atoms with Crippen molar-refractivity contribution in [3.8, 4) is 0 Å². The summed E-state index contributed by atoms with van der Waals surface area (Å²) < 4.78 is 0. The normalized spacial score (nSPS) is 14.7. The maximum atomic E-state index is 13.3. The second-order valence-electron chi connectivity index (χ2n) is 6.71. The second kappa shape index (κ2) is 7.70. The molecule has 1 aliphatic heterocycles. The van der Waals surface area contributed by atoms with Crippen LogP contribution in [-0.2, 0) is 9.59 Å². The molecule has 0 N–H and O–H groups in total. The minimum Gasteiger partial charge on any atom is -0.268 e. The Kier molecular flexibility index (Phi) is 5.71. The lowest BCUT2D eigenvalue weighted by atomic mass is 10.0. The lowest BCUT2D eigenvalue weighted by molar-refractivity contribution is -0.119. The number of nitrogens with zero attached hydrogens (tertiary/aromatic N) is 1. The molecule has 3 nitrogen and oxygen atoms in total. The Morgan fingerprint density at radius 3 is 2.19 bits per heavy atom. The van der Waals surface area contributed by atoms with Crippen molar-refractivity contribution in [1.82, 2.24) is 0 Å². The summed E-state index contributed by atoms with van der Waals surface area (Å²) in [6, 6.07) is 10.6. The Bertz CT molecular complexity index is 982. The second-order valence-corrected chi connectivity index (χ2v) is 9.12. The van der Waals surface area contributed by atoms with E-state index in [1.54, 1.807) is 18.2 Å². The van der Waals surface area contributed by atoms with Gasteiger partial charge in [0.2, 0.25) is 0 Å². The number of thioether (sulfide) groups is 1. The van der Waals surface area contributed by atoms with E-state index in [0.29, 0.717) is 26.2 Å². The lowest BCUT2D eigenvalue weighted by Crippen LogP contribution is -2.31. The van der Waals surface area contributed by atoms with Crippen LogP contribution < -0.4 is 4.90 Å². The summed E-state index contributed by atoms with van der Waals surface area (Å²) in [6.07, 6.45) is 0. The highest BCUT2D eigenvalue weighted by molar-refractivity contribution is 8.04. The first-order valence-corrected chi connectivity index (χ1v) is 10.2. The Morgan fingerprint density at radius 1 is 0.889 bits per heavy atom. The summed E-state index contributed by atoms with van der Waals surface area (Å²) in [5, 5.41) is 0.832. The van der Waals surface area contributed by atoms with Crippen LogP contribution >= 0.6 is 35.0 Å². The molecule has 2 aromatic rings. The standard InChI is InChI=1S/C21H19Cl2NO2S/c1-11(2)27-19-18(14-6-5-12(3)13(4)9-14)20(25)24(21(19)26)15-7-8-16(22)17(23)10-15/h5-11H,1-4H3. The fourth-order valence-electron chi connectivity index (χ4n) is 2.86. The van der Waals surface area contributed by atoms with Crippen LogP contribution in [0.15, 0.2) is 41.3 Å². The van der Waals surface area contributed by atoms with Crippen LogP contribution in [0.1, 0.15) is 30.5 Å². The van der Waals surface area contributed by atoms with Crippen LogP contribution in [0.4, 0.5) is 5.69 Å². The summed E-state index contributed by atoms with van der Waals surface area (Å²) in [5.41, 5.74) is 3.81. The number of carbonyl (C=O) groups excluding carboxylic acids is 2. The van der Waals surface area contributed by atoms with Gasteiger partial charge in [0.1, 0.15) is 0 Å². The molecule has 0 unspecified atom stereocenters. The molecule has 0 spiro atoms. The van der Waals surface area contributed by atoms with E-state index in [0.717, 1.165) is 16.7 Å². The third-order valence-electron chi connectivity index (χ3n) is 4.35. The zero-order valence-electron chi connectivity index (χ0n) is 15.5. The molecule has 0 saturated heterocycles. The predicted octanol–water partition coefficient (Wildman–Crippen LogP) is 6.04. The van der Waals surface area contributed by atoms with E-state index >= 15 is 0 Å². The first-order valence-electron chi connectivity index (χ1n) is 8.53. The maximum absolute atomic E-state index is 13.3. The molecule has 1 heterocycles. The van der Waals surface area contributed by atoms with Gasteiger partial charge in [0.25, 0.3) is 11.8 Å². The highest BCUT2D eigenvalue weighted by Gasteiger charge is 2.40. The summed E-state index contributed by atoms with van der Waals surface area (Å²) in [7, 11) is 0. The smallest absolute Gasteiger partial charge is 0.268 e. The number of aryl methyl sites for hydroxylation is 2. The van der Waals surface area contributed by atoms with Crippen molar-refractivity contribution in [1.29, 1.82) is 0 Å². The summed E-state index contributed by atoms with van der Waals surface area (Å²) in [6.45, 7) is 8.00. The predicted molar refractivity (Wildman–Crippen MR) is 115 cm³/mol. The van der Waals surface area contributed by atoms with E-state index in [-0.39, 0.29) is 17.1 Å². The molecule has 3 rings (SSSR count). The van der Waals surface area contributed by atoms with E-state index in [4.69, 9.17) is 23.2 Å².